The number of amides is 1. The highest BCUT2D eigenvalue weighted by atomic mass is 16.5. The molecule has 1 rings (SSSR count). The maximum absolute atomic E-state index is 12.3. The molecule has 5 heteroatoms. The highest BCUT2D eigenvalue weighted by Gasteiger charge is 2.40. The number of aryl methyl sites for hydroxylation is 2. The van der Waals surface area contributed by atoms with Gasteiger partial charge in [-0.3, -0.25) is 9.69 Å². The number of benzene rings is 1. The van der Waals surface area contributed by atoms with Gasteiger partial charge in [-0.25, -0.2) is 4.79 Å². The van der Waals surface area contributed by atoms with E-state index in [0.29, 0.717) is 5.69 Å². The Morgan fingerprint density at radius 2 is 1.75 bits per heavy atom. The zero-order valence-corrected chi connectivity index (χ0v) is 12.6. The van der Waals surface area contributed by atoms with Gasteiger partial charge in [-0.15, -0.1) is 0 Å². The Balaban J connectivity index is 3.46. The van der Waals surface area contributed by atoms with Crippen molar-refractivity contribution in [3.63, 3.8) is 0 Å². The van der Waals surface area contributed by atoms with E-state index in [1.165, 1.54) is 25.9 Å². The van der Waals surface area contributed by atoms with E-state index in [1.54, 1.807) is 0 Å². The average Bonchev–Trinajstić information content (AvgIpc) is 2.33. The van der Waals surface area contributed by atoms with E-state index < -0.39 is 11.5 Å². The number of methoxy groups -OCH3 is 1. The molecule has 1 amide bonds. The number of carboxylic acids is 1. The number of carbonyl (C=O) groups excluding carboxylic acids is 1. The summed E-state index contributed by atoms with van der Waals surface area (Å²) in [6.07, 6.45) is 0. The molecule has 0 aliphatic carbocycles. The Morgan fingerprint density at radius 3 is 2.15 bits per heavy atom. The highest BCUT2D eigenvalue weighted by Crippen LogP contribution is 2.31. The topological polar surface area (TPSA) is 66.8 Å². The molecule has 110 valence electrons. The van der Waals surface area contributed by atoms with E-state index in [2.05, 4.69) is 0 Å². The molecule has 0 heterocycles. The molecule has 20 heavy (non-hydrogen) atoms. The van der Waals surface area contributed by atoms with Crippen LogP contribution in [0, 0.1) is 13.8 Å². The number of hydrogen-bond acceptors (Lipinski definition) is 3. The maximum atomic E-state index is 12.3. The number of hydrogen-bond donors (Lipinski definition) is 1. The quantitative estimate of drug-likeness (QED) is 0.896. The van der Waals surface area contributed by atoms with Crippen LogP contribution in [-0.4, -0.2) is 36.2 Å². The molecular weight excluding hydrogens is 258 g/mol. The molecule has 0 radical (unpaired) electrons. The van der Waals surface area contributed by atoms with Gasteiger partial charge in [-0.2, -0.15) is 0 Å². The average molecular weight is 279 g/mol. The number of aliphatic carboxylic acids is 1. The van der Waals surface area contributed by atoms with Gasteiger partial charge in [0.1, 0.15) is 12.1 Å². The lowest BCUT2D eigenvalue weighted by Crippen LogP contribution is -2.55. The Morgan fingerprint density at radius 1 is 1.25 bits per heavy atom. The summed E-state index contributed by atoms with van der Waals surface area (Å²) in [5.74, 6) is -1.44. The van der Waals surface area contributed by atoms with Gasteiger partial charge in [0, 0.05) is 7.11 Å². The fourth-order valence-corrected chi connectivity index (χ4v) is 2.16. The minimum absolute atomic E-state index is 0.162. The molecule has 5 nitrogen and oxygen atoms in total. The number of nitrogens with zero attached hydrogens (tertiary/aromatic N) is 1. The summed E-state index contributed by atoms with van der Waals surface area (Å²) >= 11 is 0. The summed E-state index contributed by atoms with van der Waals surface area (Å²) in [7, 11) is 1.41. The molecule has 0 fully saturated rings. The van der Waals surface area contributed by atoms with Crippen molar-refractivity contribution < 1.29 is 19.4 Å². The van der Waals surface area contributed by atoms with Gasteiger partial charge in [0.05, 0.1) is 5.69 Å². The van der Waals surface area contributed by atoms with Gasteiger partial charge >= 0.3 is 5.97 Å². The number of rotatable bonds is 5. The SMILES string of the molecule is COCC(=O)N(c1c(C)cccc1C)C(C)(C)C(=O)O. The van der Waals surface area contributed by atoms with Gasteiger partial charge in [0.25, 0.3) is 5.91 Å². The first-order valence-corrected chi connectivity index (χ1v) is 6.35. The monoisotopic (exact) mass is 279 g/mol. The van der Waals surface area contributed by atoms with Crippen LogP contribution >= 0.6 is 0 Å². The first-order chi connectivity index (χ1) is 9.23. The molecule has 0 spiro atoms. The Bertz CT molecular complexity index is 502. The lowest BCUT2D eigenvalue weighted by molar-refractivity contribution is -0.144. The van der Waals surface area contributed by atoms with Gasteiger partial charge < -0.3 is 9.84 Å². The van der Waals surface area contributed by atoms with Crippen molar-refractivity contribution in [1.29, 1.82) is 0 Å². The van der Waals surface area contributed by atoms with Gasteiger partial charge in [-0.05, 0) is 38.8 Å². The molecule has 0 saturated heterocycles. The largest absolute Gasteiger partial charge is 0.480 e. The predicted molar refractivity (Wildman–Crippen MR) is 77.0 cm³/mol. The standard InChI is InChI=1S/C15H21NO4/c1-10-7-6-8-11(2)13(10)16(12(17)9-20-5)15(3,4)14(18)19/h6-8H,9H2,1-5H3,(H,18,19). The third kappa shape index (κ3) is 2.99. The van der Waals surface area contributed by atoms with Crippen LogP contribution < -0.4 is 4.90 Å². The zero-order valence-electron chi connectivity index (χ0n) is 12.6. The minimum Gasteiger partial charge on any atom is -0.480 e. The number of carbonyl (C=O) groups is 2. The second kappa shape index (κ2) is 6.05. The van der Waals surface area contributed by atoms with Gasteiger partial charge in [0.2, 0.25) is 0 Å². The van der Waals surface area contributed by atoms with E-state index in [1.807, 2.05) is 32.0 Å². The van der Waals surface area contributed by atoms with Crippen LogP contribution in [0.1, 0.15) is 25.0 Å². The molecule has 0 aliphatic heterocycles. The Hall–Kier alpha value is -1.88. The molecule has 0 saturated carbocycles. The van der Waals surface area contributed by atoms with E-state index in [9.17, 15) is 14.7 Å². The van der Waals surface area contributed by atoms with Crippen LogP contribution in [0.5, 0.6) is 0 Å². The number of anilines is 1. The molecule has 0 aliphatic rings. The lowest BCUT2D eigenvalue weighted by Gasteiger charge is -2.37. The van der Waals surface area contributed by atoms with E-state index in [0.717, 1.165) is 11.1 Å². The third-order valence-electron chi connectivity index (χ3n) is 3.26. The van der Waals surface area contributed by atoms with Crippen molar-refractivity contribution in [3.05, 3.63) is 29.3 Å². The fourth-order valence-electron chi connectivity index (χ4n) is 2.16. The predicted octanol–water partition coefficient (Wildman–Crippen LogP) is 2.15. The molecule has 0 bridgehead atoms. The van der Waals surface area contributed by atoms with Crippen molar-refractivity contribution in [2.75, 3.05) is 18.6 Å². The molecular formula is C15H21NO4. The van der Waals surface area contributed by atoms with Crippen molar-refractivity contribution in [3.8, 4) is 0 Å². The van der Waals surface area contributed by atoms with Crippen molar-refractivity contribution in [2.24, 2.45) is 0 Å². The Kier molecular flexibility index (Phi) is 4.89. The van der Waals surface area contributed by atoms with Crippen LogP contribution in [-0.2, 0) is 14.3 Å². The van der Waals surface area contributed by atoms with Gasteiger partial charge in [-0.1, -0.05) is 18.2 Å². The first-order valence-electron chi connectivity index (χ1n) is 6.35. The fraction of sp³-hybridized carbons (Fsp3) is 0.467. The summed E-state index contributed by atoms with van der Waals surface area (Å²) in [6.45, 7) is 6.56. The van der Waals surface area contributed by atoms with Crippen LogP contribution in [0.2, 0.25) is 0 Å². The molecule has 0 aromatic heterocycles. The second-order valence-electron chi connectivity index (χ2n) is 5.27. The Labute approximate surface area is 119 Å². The zero-order chi connectivity index (χ0) is 15.5. The second-order valence-corrected chi connectivity index (χ2v) is 5.27. The first kappa shape index (κ1) is 16.2. The normalized spacial score (nSPS) is 11.2. The maximum Gasteiger partial charge on any atom is 0.329 e. The lowest BCUT2D eigenvalue weighted by atomic mass is 9.98. The molecule has 1 aromatic carbocycles. The molecule has 1 N–H and O–H groups in total. The molecule has 1 aromatic rings. The smallest absolute Gasteiger partial charge is 0.329 e. The molecule has 0 unspecified atom stereocenters. The van der Waals surface area contributed by atoms with Crippen molar-refractivity contribution in [2.45, 2.75) is 33.2 Å². The summed E-state index contributed by atoms with van der Waals surface area (Å²) in [5.41, 5.74) is 0.974. The highest BCUT2D eigenvalue weighted by molar-refractivity contribution is 6.02. The van der Waals surface area contributed by atoms with E-state index >= 15 is 0 Å². The van der Waals surface area contributed by atoms with Crippen molar-refractivity contribution in [1.82, 2.24) is 0 Å². The minimum atomic E-state index is -1.35. The van der Waals surface area contributed by atoms with Crippen molar-refractivity contribution >= 4 is 17.6 Å². The van der Waals surface area contributed by atoms with E-state index in [4.69, 9.17) is 4.74 Å². The van der Waals surface area contributed by atoms with E-state index in [-0.39, 0.29) is 12.5 Å². The van der Waals surface area contributed by atoms with Crippen LogP contribution in [0.3, 0.4) is 0 Å². The summed E-state index contributed by atoms with van der Waals surface area (Å²) in [4.78, 5) is 25.2. The molecule has 0 atom stereocenters. The number of para-hydroxylation sites is 1. The summed E-state index contributed by atoms with van der Waals surface area (Å²) in [6, 6.07) is 5.58. The van der Waals surface area contributed by atoms with Crippen LogP contribution in [0.15, 0.2) is 18.2 Å². The van der Waals surface area contributed by atoms with Crippen LogP contribution in [0.25, 0.3) is 0 Å². The number of carboxylic acid groups (broad SMARTS) is 1. The third-order valence-corrected chi connectivity index (χ3v) is 3.26. The number of ether oxygens (including phenoxy) is 1. The van der Waals surface area contributed by atoms with Crippen LogP contribution in [0.4, 0.5) is 5.69 Å². The summed E-state index contributed by atoms with van der Waals surface area (Å²) in [5, 5.41) is 9.44. The van der Waals surface area contributed by atoms with Gasteiger partial charge in [0.15, 0.2) is 0 Å². The summed E-state index contributed by atoms with van der Waals surface area (Å²) < 4.78 is 4.88.